The van der Waals surface area contributed by atoms with Crippen LogP contribution in [0.3, 0.4) is 0 Å². The van der Waals surface area contributed by atoms with E-state index in [4.69, 9.17) is 4.42 Å². The second-order valence-electron chi connectivity index (χ2n) is 5.57. The minimum atomic E-state index is -0.130. The lowest BCUT2D eigenvalue weighted by Gasteiger charge is -2.14. The molecule has 0 fully saturated rings. The summed E-state index contributed by atoms with van der Waals surface area (Å²) in [4.78, 5) is 20.1. The fourth-order valence-corrected chi connectivity index (χ4v) is 2.64. The number of aromatic nitrogens is 3. The van der Waals surface area contributed by atoms with E-state index in [1.807, 2.05) is 55.1 Å². The number of Topliss-reactive ketones (excluding diaryl/α,β-unsaturated/α-hetero) is 1. The molecule has 5 nitrogen and oxygen atoms in total. The van der Waals surface area contributed by atoms with Crippen molar-refractivity contribution < 1.29 is 9.21 Å². The molecule has 114 valence electrons. The second kappa shape index (κ2) is 6.05. The van der Waals surface area contributed by atoms with Crippen molar-refractivity contribution in [3.05, 3.63) is 66.4 Å². The average Bonchev–Trinajstić information content (AvgIpc) is 3.26. The van der Waals surface area contributed by atoms with Gasteiger partial charge in [0.1, 0.15) is 5.76 Å². The maximum Gasteiger partial charge on any atom is 0.199 e. The number of carbonyl (C=O) groups is 1. The van der Waals surface area contributed by atoms with E-state index in [0.717, 1.165) is 11.5 Å². The number of carbonyl (C=O) groups excluding carboxylic acids is 1. The molecule has 0 spiro atoms. The van der Waals surface area contributed by atoms with Gasteiger partial charge in [0.15, 0.2) is 11.6 Å². The molecular formula is C17H19N3O2. The van der Waals surface area contributed by atoms with Crippen LogP contribution < -0.4 is 0 Å². The van der Waals surface area contributed by atoms with Gasteiger partial charge in [-0.25, -0.2) is 4.98 Å². The highest BCUT2D eigenvalue weighted by atomic mass is 16.3. The van der Waals surface area contributed by atoms with Gasteiger partial charge in [0.05, 0.1) is 12.2 Å². The fourth-order valence-electron chi connectivity index (χ4n) is 2.64. The van der Waals surface area contributed by atoms with Crippen LogP contribution in [0.2, 0.25) is 0 Å². The molecule has 3 heterocycles. The normalized spacial score (nSPS) is 12.7. The number of imidazole rings is 1. The highest BCUT2D eigenvalue weighted by Crippen LogP contribution is 2.28. The first-order chi connectivity index (χ1) is 10.7. The van der Waals surface area contributed by atoms with Crippen molar-refractivity contribution in [1.82, 2.24) is 14.5 Å². The van der Waals surface area contributed by atoms with Crippen molar-refractivity contribution in [2.24, 2.45) is 0 Å². The van der Waals surface area contributed by atoms with E-state index in [1.165, 1.54) is 0 Å². The third-order valence-electron chi connectivity index (χ3n) is 3.75. The first kappa shape index (κ1) is 14.4. The molecule has 3 aromatic rings. The summed E-state index contributed by atoms with van der Waals surface area (Å²) in [7, 11) is 0. The lowest BCUT2D eigenvalue weighted by atomic mass is 9.95. The third kappa shape index (κ3) is 2.74. The zero-order valence-electron chi connectivity index (χ0n) is 12.7. The molecule has 0 unspecified atom stereocenters. The Hall–Kier alpha value is -2.56. The van der Waals surface area contributed by atoms with Crippen LogP contribution in [0.25, 0.3) is 0 Å². The van der Waals surface area contributed by atoms with Crippen LogP contribution in [0.5, 0.6) is 0 Å². The number of nitrogens with one attached hydrogen (secondary N) is 1. The number of ketones is 1. The summed E-state index contributed by atoms with van der Waals surface area (Å²) in [5, 5.41) is 0. The van der Waals surface area contributed by atoms with Crippen molar-refractivity contribution in [3.63, 3.8) is 0 Å². The lowest BCUT2D eigenvalue weighted by molar-refractivity contribution is 0.0958. The molecule has 1 atom stereocenters. The third-order valence-corrected chi connectivity index (χ3v) is 3.75. The Balaban J connectivity index is 1.88. The summed E-state index contributed by atoms with van der Waals surface area (Å²) in [5.41, 5.74) is 0.964. The minimum absolute atomic E-state index is 0.00898. The van der Waals surface area contributed by atoms with Gasteiger partial charge in [-0.3, -0.25) is 4.79 Å². The van der Waals surface area contributed by atoms with Gasteiger partial charge in [-0.05, 0) is 38.1 Å². The topological polar surface area (TPSA) is 63.8 Å². The maximum absolute atomic E-state index is 12.7. The van der Waals surface area contributed by atoms with Crippen LogP contribution in [0.15, 0.2) is 53.5 Å². The molecule has 3 aromatic heterocycles. The number of furan rings is 1. The number of H-pyrrole nitrogens is 1. The number of nitrogens with zero attached hydrogens (tertiary/aromatic N) is 2. The highest BCUT2D eigenvalue weighted by molar-refractivity contribution is 5.93. The van der Waals surface area contributed by atoms with Crippen molar-refractivity contribution in [3.8, 4) is 0 Å². The molecule has 0 saturated carbocycles. The predicted octanol–water partition coefficient (Wildman–Crippen LogP) is 3.79. The van der Waals surface area contributed by atoms with Crippen LogP contribution in [-0.2, 0) is 0 Å². The number of rotatable bonds is 6. The van der Waals surface area contributed by atoms with Crippen LogP contribution in [0.1, 0.15) is 54.3 Å². The zero-order chi connectivity index (χ0) is 15.5. The average molecular weight is 297 g/mol. The molecule has 0 aliphatic rings. The van der Waals surface area contributed by atoms with Gasteiger partial charge in [0.2, 0.25) is 0 Å². The largest absolute Gasteiger partial charge is 0.469 e. The standard InChI is InChI=1S/C17H19N3O2/c1-12(2)20-9-8-19-17(20)15(21)11-13(14-5-3-7-18-14)16-6-4-10-22-16/h3-10,12-13,18H,11H2,1-2H3/t13-/m1/s1. The summed E-state index contributed by atoms with van der Waals surface area (Å²) in [5.74, 6) is 1.15. The summed E-state index contributed by atoms with van der Waals surface area (Å²) in [6.07, 6.45) is 7.31. The Morgan fingerprint density at radius 3 is 2.86 bits per heavy atom. The van der Waals surface area contributed by atoms with Gasteiger partial charge in [-0.15, -0.1) is 0 Å². The summed E-state index contributed by atoms with van der Waals surface area (Å²) in [6.45, 7) is 4.07. The van der Waals surface area contributed by atoms with Crippen molar-refractivity contribution in [1.29, 1.82) is 0 Å². The molecule has 5 heteroatoms. The molecule has 22 heavy (non-hydrogen) atoms. The Bertz CT molecular complexity index is 690. The van der Waals surface area contributed by atoms with Gasteiger partial charge in [0.25, 0.3) is 0 Å². The zero-order valence-corrected chi connectivity index (χ0v) is 12.7. The van der Waals surface area contributed by atoms with E-state index < -0.39 is 0 Å². The molecule has 0 aromatic carbocycles. The van der Waals surface area contributed by atoms with E-state index in [1.54, 1.807) is 12.5 Å². The lowest BCUT2D eigenvalue weighted by Crippen LogP contribution is -2.15. The Morgan fingerprint density at radius 1 is 1.36 bits per heavy atom. The van der Waals surface area contributed by atoms with Gasteiger partial charge in [0, 0.05) is 36.7 Å². The molecule has 1 N–H and O–H groups in total. The molecule has 0 aliphatic heterocycles. The predicted molar refractivity (Wildman–Crippen MR) is 82.9 cm³/mol. The highest BCUT2D eigenvalue weighted by Gasteiger charge is 2.24. The monoisotopic (exact) mass is 297 g/mol. The maximum atomic E-state index is 12.7. The van der Waals surface area contributed by atoms with Crippen LogP contribution in [0.4, 0.5) is 0 Å². The molecule has 0 radical (unpaired) electrons. The molecule has 0 saturated heterocycles. The van der Waals surface area contributed by atoms with E-state index in [-0.39, 0.29) is 17.7 Å². The van der Waals surface area contributed by atoms with E-state index in [2.05, 4.69) is 9.97 Å². The van der Waals surface area contributed by atoms with Gasteiger partial charge in [-0.1, -0.05) is 0 Å². The summed E-state index contributed by atoms with van der Waals surface area (Å²) in [6, 6.07) is 7.83. The van der Waals surface area contributed by atoms with Crippen molar-refractivity contribution in [2.45, 2.75) is 32.2 Å². The molecule has 0 amide bonds. The minimum Gasteiger partial charge on any atom is -0.469 e. The molecule has 3 rings (SSSR count). The smallest absolute Gasteiger partial charge is 0.199 e. The van der Waals surface area contributed by atoms with Crippen LogP contribution in [0, 0.1) is 0 Å². The van der Waals surface area contributed by atoms with E-state index >= 15 is 0 Å². The number of aromatic amines is 1. The van der Waals surface area contributed by atoms with Gasteiger partial charge in [-0.2, -0.15) is 0 Å². The van der Waals surface area contributed by atoms with Crippen LogP contribution in [-0.4, -0.2) is 20.3 Å². The Labute approximate surface area is 129 Å². The number of hydrogen-bond donors (Lipinski definition) is 1. The SMILES string of the molecule is CC(C)n1ccnc1C(=O)C[C@H](c1ccc[nH]1)c1ccco1. The molecule has 0 aliphatic carbocycles. The quantitative estimate of drug-likeness (QED) is 0.704. The van der Waals surface area contributed by atoms with Crippen molar-refractivity contribution in [2.75, 3.05) is 0 Å². The summed E-state index contributed by atoms with van der Waals surface area (Å²) >= 11 is 0. The van der Waals surface area contributed by atoms with Crippen LogP contribution >= 0.6 is 0 Å². The molecule has 0 bridgehead atoms. The first-order valence-electron chi connectivity index (χ1n) is 7.39. The van der Waals surface area contributed by atoms with E-state index in [0.29, 0.717) is 12.2 Å². The molecular weight excluding hydrogens is 278 g/mol. The number of hydrogen-bond acceptors (Lipinski definition) is 3. The van der Waals surface area contributed by atoms with E-state index in [9.17, 15) is 4.79 Å². The Kier molecular flexibility index (Phi) is 3.96. The summed E-state index contributed by atoms with van der Waals surface area (Å²) < 4.78 is 7.41. The fraction of sp³-hybridized carbons (Fsp3) is 0.294. The first-order valence-corrected chi connectivity index (χ1v) is 7.39. The van der Waals surface area contributed by atoms with Crippen molar-refractivity contribution >= 4 is 5.78 Å². The Morgan fingerprint density at radius 2 is 2.23 bits per heavy atom. The second-order valence-corrected chi connectivity index (χ2v) is 5.57. The van der Waals surface area contributed by atoms with Gasteiger partial charge < -0.3 is 14.0 Å². The van der Waals surface area contributed by atoms with Gasteiger partial charge >= 0.3 is 0 Å².